The first kappa shape index (κ1) is 21.4. The van der Waals surface area contributed by atoms with Crippen LogP contribution in [-0.4, -0.2) is 45.6 Å². The van der Waals surface area contributed by atoms with Crippen LogP contribution in [0.25, 0.3) is 0 Å². The second-order valence-electron chi connectivity index (χ2n) is 8.12. The molecule has 1 atom stereocenters. The Labute approximate surface area is 177 Å². The molecule has 29 heavy (non-hydrogen) atoms. The summed E-state index contributed by atoms with van der Waals surface area (Å²) in [6.45, 7) is 9.67. The van der Waals surface area contributed by atoms with Crippen LogP contribution in [0.4, 0.5) is 0 Å². The van der Waals surface area contributed by atoms with E-state index in [4.69, 9.17) is 11.6 Å². The number of rotatable bonds is 6. The SMILES string of the molecule is Cc1ccc(Cn2nc(C)c(C(=O)N[C@H](C(=O)N3CCCC3)C(C)C)c2Cl)cc1. The van der Waals surface area contributed by atoms with Gasteiger partial charge in [-0.2, -0.15) is 5.10 Å². The number of nitrogens with one attached hydrogen (secondary N) is 1. The minimum absolute atomic E-state index is 0.0197. The molecule has 1 aliphatic rings. The zero-order valence-corrected chi connectivity index (χ0v) is 18.3. The minimum Gasteiger partial charge on any atom is -0.341 e. The lowest BCUT2D eigenvalue weighted by atomic mass is 10.0. The number of carbonyl (C=O) groups is 2. The van der Waals surface area contributed by atoms with Crippen LogP contribution in [0.15, 0.2) is 24.3 Å². The fourth-order valence-electron chi connectivity index (χ4n) is 3.64. The summed E-state index contributed by atoms with van der Waals surface area (Å²) < 4.78 is 1.63. The number of likely N-dealkylation sites (tertiary alicyclic amines) is 1. The molecule has 0 bridgehead atoms. The van der Waals surface area contributed by atoms with Crippen LogP contribution in [0.2, 0.25) is 5.15 Å². The molecule has 1 N–H and O–H groups in total. The van der Waals surface area contributed by atoms with Crippen molar-refractivity contribution in [2.75, 3.05) is 13.1 Å². The summed E-state index contributed by atoms with van der Waals surface area (Å²) in [5.41, 5.74) is 3.12. The minimum atomic E-state index is -0.573. The highest BCUT2D eigenvalue weighted by molar-refractivity contribution is 6.33. The van der Waals surface area contributed by atoms with Crippen LogP contribution in [0.1, 0.15) is 53.9 Å². The highest BCUT2D eigenvalue weighted by Crippen LogP contribution is 2.22. The highest BCUT2D eigenvalue weighted by atomic mass is 35.5. The molecule has 0 saturated carbocycles. The average Bonchev–Trinajstić information content (AvgIpc) is 3.29. The molecule has 0 radical (unpaired) electrons. The van der Waals surface area contributed by atoms with Crippen LogP contribution in [0.5, 0.6) is 0 Å². The number of aromatic nitrogens is 2. The van der Waals surface area contributed by atoms with Crippen LogP contribution in [-0.2, 0) is 11.3 Å². The fourth-order valence-corrected chi connectivity index (χ4v) is 3.96. The molecule has 2 amide bonds. The maximum atomic E-state index is 13.0. The molecule has 0 spiro atoms. The molecular weight excluding hydrogens is 388 g/mol. The van der Waals surface area contributed by atoms with Gasteiger partial charge in [-0.25, -0.2) is 4.68 Å². The Hall–Kier alpha value is -2.34. The Morgan fingerprint density at radius 2 is 1.76 bits per heavy atom. The van der Waals surface area contributed by atoms with Gasteiger partial charge in [0, 0.05) is 13.1 Å². The summed E-state index contributed by atoms with van der Waals surface area (Å²) >= 11 is 6.52. The predicted molar refractivity (Wildman–Crippen MR) is 114 cm³/mol. The second-order valence-corrected chi connectivity index (χ2v) is 8.48. The Bertz CT molecular complexity index is 883. The maximum absolute atomic E-state index is 13.0. The van der Waals surface area contributed by atoms with Crippen molar-refractivity contribution in [2.24, 2.45) is 5.92 Å². The summed E-state index contributed by atoms with van der Waals surface area (Å²) in [4.78, 5) is 27.7. The van der Waals surface area contributed by atoms with E-state index in [1.807, 2.05) is 49.9 Å². The Balaban J connectivity index is 1.78. The third kappa shape index (κ3) is 4.81. The van der Waals surface area contributed by atoms with Gasteiger partial charge in [0.15, 0.2) is 0 Å². The molecule has 156 valence electrons. The fraction of sp³-hybridized carbons (Fsp3) is 0.500. The summed E-state index contributed by atoms with van der Waals surface area (Å²) in [5.74, 6) is -0.394. The number of nitrogens with zero attached hydrogens (tertiary/aromatic N) is 3. The van der Waals surface area contributed by atoms with E-state index >= 15 is 0 Å². The van der Waals surface area contributed by atoms with Gasteiger partial charge in [0.1, 0.15) is 11.2 Å². The molecule has 0 aliphatic carbocycles. The molecule has 2 heterocycles. The number of hydrogen-bond acceptors (Lipinski definition) is 3. The lowest BCUT2D eigenvalue weighted by molar-refractivity contribution is -0.133. The quantitative estimate of drug-likeness (QED) is 0.782. The van der Waals surface area contributed by atoms with Gasteiger partial charge in [-0.15, -0.1) is 0 Å². The Morgan fingerprint density at radius 1 is 1.14 bits per heavy atom. The third-order valence-corrected chi connectivity index (χ3v) is 5.77. The summed E-state index contributed by atoms with van der Waals surface area (Å²) in [6, 6.07) is 7.53. The first-order valence-corrected chi connectivity index (χ1v) is 10.5. The van der Waals surface area contributed by atoms with Gasteiger partial charge < -0.3 is 10.2 Å². The van der Waals surface area contributed by atoms with Crippen molar-refractivity contribution < 1.29 is 9.59 Å². The maximum Gasteiger partial charge on any atom is 0.256 e. The van der Waals surface area contributed by atoms with Crippen molar-refractivity contribution >= 4 is 23.4 Å². The van der Waals surface area contributed by atoms with E-state index in [9.17, 15) is 9.59 Å². The highest BCUT2D eigenvalue weighted by Gasteiger charge is 2.32. The molecule has 1 aromatic heterocycles. The Morgan fingerprint density at radius 3 is 2.34 bits per heavy atom. The number of aryl methyl sites for hydroxylation is 2. The van der Waals surface area contributed by atoms with E-state index in [-0.39, 0.29) is 22.9 Å². The van der Waals surface area contributed by atoms with Gasteiger partial charge in [-0.3, -0.25) is 9.59 Å². The monoisotopic (exact) mass is 416 g/mol. The van der Waals surface area contributed by atoms with Gasteiger partial charge in [-0.1, -0.05) is 55.3 Å². The Kier molecular flexibility index (Phi) is 6.63. The topological polar surface area (TPSA) is 67.2 Å². The number of halogens is 1. The molecule has 1 fully saturated rings. The molecule has 2 aromatic rings. The zero-order valence-electron chi connectivity index (χ0n) is 17.5. The first-order chi connectivity index (χ1) is 13.8. The van der Waals surface area contributed by atoms with Crippen molar-refractivity contribution in [1.29, 1.82) is 0 Å². The second kappa shape index (κ2) is 8.99. The van der Waals surface area contributed by atoms with E-state index in [1.165, 1.54) is 5.56 Å². The van der Waals surface area contributed by atoms with Crippen molar-refractivity contribution in [3.05, 3.63) is 51.8 Å². The number of hydrogen-bond donors (Lipinski definition) is 1. The van der Waals surface area contributed by atoms with Gasteiger partial charge in [0.25, 0.3) is 5.91 Å². The van der Waals surface area contributed by atoms with Crippen LogP contribution < -0.4 is 5.32 Å². The smallest absolute Gasteiger partial charge is 0.256 e. The number of amides is 2. The lowest BCUT2D eigenvalue weighted by Crippen LogP contribution is -2.50. The normalized spacial score (nSPS) is 15.0. The van der Waals surface area contributed by atoms with Crippen LogP contribution in [0, 0.1) is 19.8 Å². The van der Waals surface area contributed by atoms with E-state index in [0.717, 1.165) is 31.5 Å². The largest absolute Gasteiger partial charge is 0.341 e. The average molecular weight is 417 g/mol. The van der Waals surface area contributed by atoms with Crippen molar-refractivity contribution in [2.45, 2.75) is 53.1 Å². The molecule has 7 heteroatoms. The summed E-state index contributed by atoms with van der Waals surface area (Å²) in [6.07, 6.45) is 2.03. The van der Waals surface area contributed by atoms with Gasteiger partial charge >= 0.3 is 0 Å². The van der Waals surface area contributed by atoms with Crippen LogP contribution >= 0.6 is 11.6 Å². The van der Waals surface area contributed by atoms with Crippen molar-refractivity contribution in [3.8, 4) is 0 Å². The van der Waals surface area contributed by atoms with Gasteiger partial charge in [0.2, 0.25) is 5.91 Å². The van der Waals surface area contributed by atoms with Gasteiger partial charge in [-0.05, 0) is 38.2 Å². The molecule has 3 rings (SSSR count). The lowest BCUT2D eigenvalue weighted by Gasteiger charge is -2.26. The number of benzene rings is 1. The first-order valence-electron chi connectivity index (χ1n) is 10.2. The third-order valence-electron chi connectivity index (χ3n) is 5.38. The van der Waals surface area contributed by atoms with Crippen molar-refractivity contribution in [1.82, 2.24) is 20.0 Å². The van der Waals surface area contributed by atoms with E-state index < -0.39 is 6.04 Å². The molecule has 0 unspecified atom stereocenters. The molecular formula is C22H29ClN4O2. The molecule has 1 aromatic carbocycles. The number of carbonyl (C=O) groups excluding carboxylic acids is 2. The molecule has 6 nitrogen and oxygen atoms in total. The van der Waals surface area contributed by atoms with Crippen LogP contribution in [0.3, 0.4) is 0 Å². The molecule has 1 saturated heterocycles. The zero-order chi connectivity index (χ0) is 21.1. The predicted octanol–water partition coefficient (Wildman–Crippen LogP) is 3.58. The van der Waals surface area contributed by atoms with E-state index in [2.05, 4.69) is 10.4 Å². The standard InChI is InChI=1S/C22H29ClN4O2/c1-14(2)19(22(29)26-11-5-6-12-26)24-21(28)18-16(4)25-27(20(18)23)13-17-9-7-15(3)8-10-17/h7-10,14,19H,5-6,11-13H2,1-4H3,(H,24,28)/t19-/m0/s1. The summed E-state index contributed by atoms with van der Waals surface area (Å²) in [7, 11) is 0. The van der Waals surface area contributed by atoms with Crippen molar-refractivity contribution in [3.63, 3.8) is 0 Å². The van der Waals surface area contributed by atoms with E-state index in [1.54, 1.807) is 11.6 Å². The van der Waals surface area contributed by atoms with Gasteiger partial charge in [0.05, 0.1) is 17.8 Å². The van der Waals surface area contributed by atoms with E-state index in [0.29, 0.717) is 17.8 Å². The molecule has 1 aliphatic heterocycles. The summed E-state index contributed by atoms with van der Waals surface area (Å²) in [5, 5.41) is 7.65.